The van der Waals surface area contributed by atoms with Crippen molar-refractivity contribution in [2.45, 2.75) is 6.04 Å². The van der Waals surface area contributed by atoms with Gasteiger partial charge in [-0.05, 0) is 43.9 Å². The number of hydrogen-bond acceptors (Lipinski definition) is 3. The lowest BCUT2D eigenvalue weighted by Gasteiger charge is -2.23. The number of imidazole rings is 1. The second-order valence-electron chi connectivity index (χ2n) is 6.04. The van der Waals surface area contributed by atoms with Crippen LogP contribution in [0.25, 0.3) is 5.65 Å². The molecule has 2 N–H and O–H groups in total. The van der Waals surface area contributed by atoms with Gasteiger partial charge in [-0.1, -0.05) is 18.2 Å². The van der Waals surface area contributed by atoms with Crippen molar-refractivity contribution in [2.75, 3.05) is 26.0 Å². The summed E-state index contributed by atoms with van der Waals surface area (Å²) < 4.78 is 14.9. The van der Waals surface area contributed by atoms with E-state index in [0.29, 0.717) is 12.4 Å². The number of nitrogens with zero attached hydrogens (tertiary/aromatic N) is 3. The smallest absolute Gasteiger partial charge is 0.320 e. The number of carbonyl (C=O) groups is 1. The normalized spacial score (nSPS) is 12.3. The largest absolute Gasteiger partial charge is 0.330 e. The van der Waals surface area contributed by atoms with E-state index in [1.54, 1.807) is 22.7 Å². The Labute approximate surface area is 145 Å². The lowest BCUT2D eigenvalue weighted by molar-refractivity contribution is 0.244. The third kappa shape index (κ3) is 4.13. The molecule has 0 aliphatic heterocycles. The number of halogens is 1. The maximum absolute atomic E-state index is 13.2. The van der Waals surface area contributed by atoms with E-state index in [1.807, 2.05) is 43.4 Å². The molecule has 130 valence electrons. The van der Waals surface area contributed by atoms with Crippen LogP contribution in [0.15, 0.2) is 54.9 Å². The average molecular weight is 341 g/mol. The van der Waals surface area contributed by atoms with E-state index in [-0.39, 0.29) is 17.9 Å². The maximum atomic E-state index is 13.2. The first kappa shape index (κ1) is 16.9. The molecule has 0 aliphatic rings. The van der Waals surface area contributed by atoms with Crippen molar-refractivity contribution in [1.29, 1.82) is 0 Å². The van der Waals surface area contributed by atoms with Crippen LogP contribution in [0, 0.1) is 5.82 Å². The van der Waals surface area contributed by atoms with Gasteiger partial charge in [0.15, 0.2) is 0 Å². The van der Waals surface area contributed by atoms with E-state index >= 15 is 0 Å². The van der Waals surface area contributed by atoms with Crippen LogP contribution in [0.2, 0.25) is 0 Å². The molecule has 0 bridgehead atoms. The number of aromatic nitrogens is 2. The summed E-state index contributed by atoms with van der Waals surface area (Å²) in [6, 6.07) is 11.1. The summed E-state index contributed by atoms with van der Waals surface area (Å²) in [5, 5.41) is 5.74. The zero-order valence-electron chi connectivity index (χ0n) is 14.1. The number of nitrogens with one attached hydrogen (secondary N) is 2. The van der Waals surface area contributed by atoms with Crippen LogP contribution in [0.1, 0.15) is 11.6 Å². The minimum absolute atomic E-state index is 0.269. The molecule has 2 aromatic heterocycles. The number of pyridine rings is 1. The first-order valence-electron chi connectivity index (χ1n) is 7.93. The van der Waals surface area contributed by atoms with E-state index < -0.39 is 0 Å². The number of fused-ring (bicyclic) bond motifs is 1. The SMILES string of the molecule is CN(C)CC(NC(=O)Nc1cnc2ccccn12)c1ccc(F)cc1. The predicted octanol–water partition coefficient (Wildman–Crippen LogP) is 2.90. The number of rotatable bonds is 5. The number of urea groups is 1. The van der Waals surface area contributed by atoms with Gasteiger partial charge in [-0.15, -0.1) is 0 Å². The molecule has 1 unspecified atom stereocenters. The summed E-state index contributed by atoms with van der Waals surface area (Å²) in [4.78, 5) is 18.6. The van der Waals surface area contributed by atoms with E-state index in [0.717, 1.165) is 11.2 Å². The van der Waals surface area contributed by atoms with E-state index in [4.69, 9.17) is 0 Å². The molecular formula is C18H20FN5O. The Bertz CT molecular complexity index is 859. The van der Waals surface area contributed by atoms with Gasteiger partial charge in [0.1, 0.15) is 17.3 Å². The monoisotopic (exact) mass is 341 g/mol. The minimum Gasteiger partial charge on any atom is -0.330 e. The quantitative estimate of drug-likeness (QED) is 0.750. The molecule has 1 atom stereocenters. The highest BCUT2D eigenvalue weighted by molar-refractivity contribution is 5.89. The van der Waals surface area contributed by atoms with Crippen LogP contribution in [-0.2, 0) is 0 Å². The Morgan fingerprint density at radius 2 is 2.00 bits per heavy atom. The van der Waals surface area contributed by atoms with Crippen molar-refractivity contribution < 1.29 is 9.18 Å². The zero-order valence-corrected chi connectivity index (χ0v) is 14.1. The van der Waals surface area contributed by atoms with Crippen molar-refractivity contribution in [1.82, 2.24) is 19.6 Å². The molecule has 0 saturated carbocycles. The summed E-state index contributed by atoms with van der Waals surface area (Å²) in [7, 11) is 3.83. The number of benzene rings is 1. The minimum atomic E-state index is -0.346. The van der Waals surface area contributed by atoms with Gasteiger partial charge < -0.3 is 10.2 Å². The summed E-state index contributed by atoms with van der Waals surface area (Å²) in [5.74, 6) is 0.276. The molecule has 0 radical (unpaired) electrons. The van der Waals surface area contributed by atoms with Gasteiger partial charge in [-0.3, -0.25) is 9.72 Å². The highest BCUT2D eigenvalue weighted by Gasteiger charge is 2.16. The van der Waals surface area contributed by atoms with Gasteiger partial charge >= 0.3 is 6.03 Å². The lowest BCUT2D eigenvalue weighted by atomic mass is 10.1. The van der Waals surface area contributed by atoms with Crippen molar-refractivity contribution in [3.8, 4) is 0 Å². The molecule has 2 heterocycles. The molecule has 0 spiro atoms. The van der Waals surface area contributed by atoms with Crippen molar-refractivity contribution in [2.24, 2.45) is 0 Å². The highest BCUT2D eigenvalue weighted by Crippen LogP contribution is 2.16. The van der Waals surface area contributed by atoms with Gasteiger partial charge in [0.2, 0.25) is 0 Å². The number of likely N-dealkylation sites (N-methyl/N-ethyl adjacent to an activating group) is 1. The summed E-state index contributed by atoms with van der Waals surface area (Å²) >= 11 is 0. The van der Waals surface area contributed by atoms with E-state index in [1.165, 1.54) is 12.1 Å². The highest BCUT2D eigenvalue weighted by atomic mass is 19.1. The molecule has 2 amide bonds. The first-order chi connectivity index (χ1) is 12.0. The Morgan fingerprint density at radius 3 is 2.72 bits per heavy atom. The van der Waals surface area contributed by atoms with Crippen molar-refractivity contribution >= 4 is 17.5 Å². The fourth-order valence-electron chi connectivity index (χ4n) is 2.63. The molecule has 0 saturated heterocycles. The lowest BCUT2D eigenvalue weighted by Crippen LogP contribution is -2.38. The Morgan fingerprint density at radius 1 is 1.24 bits per heavy atom. The number of anilines is 1. The van der Waals surface area contributed by atoms with Crippen molar-refractivity contribution in [3.63, 3.8) is 0 Å². The Kier molecular flexibility index (Phi) is 4.95. The van der Waals surface area contributed by atoms with Gasteiger partial charge in [0, 0.05) is 12.7 Å². The first-order valence-corrected chi connectivity index (χ1v) is 7.93. The fraction of sp³-hybridized carbons (Fsp3) is 0.222. The van der Waals surface area contributed by atoms with E-state index in [2.05, 4.69) is 15.6 Å². The van der Waals surface area contributed by atoms with Crippen LogP contribution in [0.4, 0.5) is 15.0 Å². The third-order valence-corrected chi connectivity index (χ3v) is 3.78. The number of hydrogen-bond donors (Lipinski definition) is 2. The number of amides is 2. The molecule has 6 nitrogen and oxygen atoms in total. The van der Waals surface area contributed by atoms with Gasteiger partial charge in [-0.2, -0.15) is 0 Å². The van der Waals surface area contributed by atoms with Crippen molar-refractivity contribution in [3.05, 3.63) is 66.2 Å². The summed E-state index contributed by atoms with van der Waals surface area (Å²) in [6.07, 6.45) is 3.43. The zero-order chi connectivity index (χ0) is 17.8. The maximum Gasteiger partial charge on any atom is 0.320 e. The van der Waals surface area contributed by atoms with Crippen LogP contribution < -0.4 is 10.6 Å². The molecule has 0 aliphatic carbocycles. The molecule has 0 fully saturated rings. The fourth-order valence-corrected chi connectivity index (χ4v) is 2.63. The van der Waals surface area contributed by atoms with Gasteiger partial charge in [0.25, 0.3) is 0 Å². The molecule has 3 rings (SSSR count). The molecule has 1 aromatic carbocycles. The van der Waals surface area contributed by atoms with Crippen LogP contribution in [0.3, 0.4) is 0 Å². The van der Waals surface area contributed by atoms with Crippen LogP contribution in [-0.4, -0.2) is 41.0 Å². The van der Waals surface area contributed by atoms with Gasteiger partial charge in [-0.25, -0.2) is 14.2 Å². The molecule has 3 aromatic rings. The van der Waals surface area contributed by atoms with Gasteiger partial charge in [0.05, 0.1) is 12.2 Å². The average Bonchev–Trinajstić information content (AvgIpc) is 2.98. The van der Waals surface area contributed by atoms with Crippen LogP contribution in [0.5, 0.6) is 0 Å². The Balaban J connectivity index is 1.74. The standard InChI is InChI=1S/C18H20FN5O/c1-23(2)12-15(13-6-8-14(19)9-7-13)21-18(25)22-17-11-20-16-5-3-4-10-24(16)17/h3-11,15H,12H2,1-2H3,(H2,21,22,25). The molecule has 7 heteroatoms. The molecular weight excluding hydrogens is 321 g/mol. The molecule has 25 heavy (non-hydrogen) atoms. The van der Waals surface area contributed by atoms with Crippen LogP contribution >= 0.6 is 0 Å². The second-order valence-corrected chi connectivity index (χ2v) is 6.04. The summed E-state index contributed by atoms with van der Waals surface area (Å²) in [6.45, 7) is 0.589. The predicted molar refractivity (Wildman–Crippen MR) is 95.0 cm³/mol. The third-order valence-electron chi connectivity index (χ3n) is 3.78. The van der Waals surface area contributed by atoms with E-state index in [9.17, 15) is 9.18 Å². The number of carbonyl (C=O) groups excluding carboxylic acids is 1. The Hall–Kier alpha value is -2.93. The summed E-state index contributed by atoms with van der Waals surface area (Å²) in [5.41, 5.74) is 1.59. The second kappa shape index (κ2) is 7.31. The topological polar surface area (TPSA) is 61.7 Å².